The Bertz CT molecular complexity index is 657. The van der Waals surface area contributed by atoms with Crippen LogP contribution in [0.2, 0.25) is 0 Å². The average molecular weight is 355 g/mol. The van der Waals surface area contributed by atoms with Crippen molar-refractivity contribution in [3.8, 4) is 0 Å². The van der Waals surface area contributed by atoms with Gasteiger partial charge in [-0.2, -0.15) is 0 Å². The van der Waals surface area contributed by atoms with E-state index in [1.54, 1.807) is 55.7 Å². The molecular weight excluding hydrogens is 340 g/mol. The number of aromatic nitrogens is 1. The molecule has 106 valence electrons. The molecule has 4 nitrogen and oxygen atoms in total. The molecule has 0 bridgehead atoms. The molecule has 1 N–H and O–H groups in total. The summed E-state index contributed by atoms with van der Waals surface area (Å²) in [4.78, 5) is 4.19. The third-order valence-corrected chi connectivity index (χ3v) is 5.13. The fourth-order valence-electron chi connectivity index (χ4n) is 1.78. The van der Waals surface area contributed by atoms with Crippen LogP contribution >= 0.6 is 15.9 Å². The van der Waals surface area contributed by atoms with Crippen LogP contribution in [0.4, 0.5) is 0 Å². The van der Waals surface area contributed by atoms with Crippen LogP contribution in [-0.4, -0.2) is 13.4 Å². The molecule has 20 heavy (non-hydrogen) atoms. The minimum Gasteiger partial charge on any atom is -0.265 e. The Morgan fingerprint density at radius 2 is 1.75 bits per heavy atom. The molecule has 0 saturated heterocycles. The van der Waals surface area contributed by atoms with Crippen molar-refractivity contribution in [2.75, 3.05) is 0 Å². The van der Waals surface area contributed by atoms with Crippen LogP contribution in [-0.2, 0) is 15.4 Å². The maximum atomic E-state index is 12.3. The number of benzene rings is 1. The molecule has 1 atom stereocenters. The lowest BCUT2D eigenvalue weighted by molar-refractivity contribution is 0.567. The fourth-order valence-corrected chi connectivity index (χ4v) is 3.38. The van der Waals surface area contributed by atoms with Gasteiger partial charge in [-0.25, -0.2) is 13.1 Å². The van der Waals surface area contributed by atoms with Gasteiger partial charge in [0, 0.05) is 23.8 Å². The second-order valence-corrected chi connectivity index (χ2v) is 6.68. The zero-order chi connectivity index (χ0) is 14.6. The largest absolute Gasteiger partial charge is 0.265 e. The number of alkyl halides is 1. The van der Waals surface area contributed by atoms with E-state index in [1.807, 2.05) is 0 Å². The van der Waals surface area contributed by atoms with Crippen molar-refractivity contribution >= 4 is 26.0 Å². The molecule has 0 aliphatic rings. The molecule has 0 radical (unpaired) electrons. The summed E-state index contributed by atoms with van der Waals surface area (Å²) in [5, 5.41) is 0.703. The van der Waals surface area contributed by atoms with Crippen molar-refractivity contribution in [1.82, 2.24) is 9.71 Å². The minimum atomic E-state index is -3.52. The predicted molar refractivity (Wildman–Crippen MR) is 82.0 cm³/mol. The molecule has 0 amide bonds. The molecule has 0 aliphatic carbocycles. The standard InChI is InChI=1S/C14H15BrN2O2S/c1-11(13-6-8-16-9-7-13)17-20(18,19)14-4-2-12(10-15)3-5-14/h2-9,11,17H,10H2,1H3/t11-/m0/s1. The zero-order valence-corrected chi connectivity index (χ0v) is 13.4. The molecule has 6 heteroatoms. The highest BCUT2D eigenvalue weighted by atomic mass is 79.9. The lowest BCUT2D eigenvalue weighted by atomic mass is 10.1. The van der Waals surface area contributed by atoms with E-state index in [0.29, 0.717) is 5.33 Å². The first kappa shape index (κ1) is 15.2. The van der Waals surface area contributed by atoms with Gasteiger partial charge in [-0.3, -0.25) is 4.98 Å². The summed E-state index contributed by atoms with van der Waals surface area (Å²) < 4.78 is 27.2. The molecular formula is C14H15BrN2O2S. The molecule has 0 fully saturated rings. The van der Waals surface area contributed by atoms with Crippen LogP contribution in [0.3, 0.4) is 0 Å². The van der Waals surface area contributed by atoms with Crippen LogP contribution in [0.15, 0.2) is 53.7 Å². The fraction of sp³-hybridized carbons (Fsp3) is 0.214. The van der Waals surface area contributed by atoms with Gasteiger partial charge in [-0.1, -0.05) is 28.1 Å². The summed E-state index contributed by atoms with van der Waals surface area (Å²) in [5.74, 6) is 0. The molecule has 0 spiro atoms. The molecule has 2 aromatic rings. The number of hydrogen-bond acceptors (Lipinski definition) is 3. The van der Waals surface area contributed by atoms with Crippen LogP contribution in [0.5, 0.6) is 0 Å². The Hall–Kier alpha value is -1.24. The van der Waals surface area contributed by atoms with Crippen molar-refractivity contribution in [1.29, 1.82) is 0 Å². The van der Waals surface area contributed by atoms with E-state index in [9.17, 15) is 8.42 Å². The summed E-state index contributed by atoms with van der Waals surface area (Å²) in [6, 6.07) is 10.1. The van der Waals surface area contributed by atoms with Gasteiger partial charge >= 0.3 is 0 Å². The Morgan fingerprint density at radius 3 is 2.30 bits per heavy atom. The summed E-state index contributed by atoms with van der Waals surface area (Å²) >= 11 is 3.33. The molecule has 0 aliphatic heterocycles. The van der Waals surface area contributed by atoms with E-state index in [0.717, 1.165) is 11.1 Å². The van der Waals surface area contributed by atoms with Gasteiger partial charge in [0.25, 0.3) is 0 Å². The summed E-state index contributed by atoms with van der Waals surface area (Å²) in [5.41, 5.74) is 1.91. The quantitative estimate of drug-likeness (QED) is 0.839. The number of nitrogens with zero attached hydrogens (tertiary/aromatic N) is 1. The van der Waals surface area contributed by atoms with Gasteiger partial charge in [0.1, 0.15) is 0 Å². The lowest BCUT2D eigenvalue weighted by Crippen LogP contribution is -2.26. The number of rotatable bonds is 5. The lowest BCUT2D eigenvalue weighted by Gasteiger charge is -2.14. The monoisotopic (exact) mass is 354 g/mol. The van der Waals surface area contributed by atoms with Crippen LogP contribution in [0.1, 0.15) is 24.1 Å². The maximum Gasteiger partial charge on any atom is 0.241 e. The van der Waals surface area contributed by atoms with Gasteiger partial charge < -0.3 is 0 Å². The summed E-state index contributed by atoms with van der Waals surface area (Å²) in [6.45, 7) is 1.81. The van der Waals surface area contributed by atoms with Crippen LogP contribution in [0, 0.1) is 0 Å². The average Bonchev–Trinajstić information content (AvgIpc) is 2.48. The normalized spacial score (nSPS) is 13.1. The highest BCUT2D eigenvalue weighted by Gasteiger charge is 2.18. The molecule has 1 heterocycles. The van der Waals surface area contributed by atoms with Crippen molar-refractivity contribution in [3.05, 3.63) is 59.9 Å². The zero-order valence-electron chi connectivity index (χ0n) is 11.0. The van der Waals surface area contributed by atoms with Crippen molar-refractivity contribution in [2.24, 2.45) is 0 Å². The molecule has 0 saturated carbocycles. The van der Waals surface area contributed by atoms with Gasteiger partial charge in [0.15, 0.2) is 0 Å². The number of sulfonamides is 1. The van der Waals surface area contributed by atoms with E-state index in [4.69, 9.17) is 0 Å². The Morgan fingerprint density at radius 1 is 1.15 bits per heavy atom. The van der Waals surface area contributed by atoms with Gasteiger partial charge in [-0.15, -0.1) is 0 Å². The smallest absolute Gasteiger partial charge is 0.241 e. The van der Waals surface area contributed by atoms with Gasteiger partial charge in [-0.05, 0) is 42.3 Å². The van der Waals surface area contributed by atoms with E-state index < -0.39 is 10.0 Å². The van der Waals surface area contributed by atoms with E-state index in [1.165, 1.54) is 0 Å². The molecule has 0 unspecified atom stereocenters. The number of halogens is 1. The maximum absolute atomic E-state index is 12.3. The Kier molecular flexibility index (Phi) is 4.91. The SMILES string of the molecule is C[C@H](NS(=O)(=O)c1ccc(CBr)cc1)c1ccncc1. The van der Waals surface area contributed by atoms with Crippen LogP contribution < -0.4 is 4.72 Å². The third-order valence-electron chi connectivity index (χ3n) is 2.93. The van der Waals surface area contributed by atoms with Crippen LogP contribution in [0.25, 0.3) is 0 Å². The van der Waals surface area contributed by atoms with E-state index >= 15 is 0 Å². The highest BCUT2D eigenvalue weighted by molar-refractivity contribution is 9.08. The Balaban J connectivity index is 2.18. The van der Waals surface area contributed by atoms with Crippen molar-refractivity contribution in [2.45, 2.75) is 23.2 Å². The molecule has 1 aromatic carbocycles. The first-order chi connectivity index (χ1) is 9.53. The van der Waals surface area contributed by atoms with Crippen molar-refractivity contribution in [3.63, 3.8) is 0 Å². The van der Waals surface area contributed by atoms with Gasteiger partial charge in [0.05, 0.1) is 4.90 Å². The highest BCUT2D eigenvalue weighted by Crippen LogP contribution is 2.17. The first-order valence-corrected chi connectivity index (χ1v) is 8.70. The van der Waals surface area contributed by atoms with Crippen molar-refractivity contribution < 1.29 is 8.42 Å². The molecule has 2 rings (SSSR count). The molecule has 1 aromatic heterocycles. The van der Waals surface area contributed by atoms with E-state index in [-0.39, 0.29) is 10.9 Å². The minimum absolute atomic E-state index is 0.267. The summed E-state index contributed by atoms with van der Waals surface area (Å²) in [6.07, 6.45) is 3.29. The predicted octanol–water partition coefficient (Wildman–Crippen LogP) is 3.02. The number of nitrogens with one attached hydrogen (secondary N) is 1. The number of hydrogen-bond donors (Lipinski definition) is 1. The summed E-state index contributed by atoms with van der Waals surface area (Å²) in [7, 11) is -3.52. The first-order valence-electron chi connectivity index (χ1n) is 6.10. The van der Waals surface area contributed by atoms with E-state index in [2.05, 4.69) is 25.6 Å². The topological polar surface area (TPSA) is 59.1 Å². The second kappa shape index (κ2) is 6.47. The number of pyridine rings is 1. The Labute approximate surface area is 127 Å². The second-order valence-electron chi connectivity index (χ2n) is 4.40. The third kappa shape index (κ3) is 3.65. The van der Waals surface area contributed by atoms with Gasteiger partial charge in [0.2, 0.25) is 10.0 Å².